The molecule has 124 valence electrons. The molecular formula is C17H21NO5. The molecule has 2 atom stereocenters. The summed E-state index contributed by atoms with van der Waals surface area (Å²) in [5.41, 5.74) is -0.140. The normalized spacial score (nSPS) is 22.5. The molecule has 1 aromatic rings. The summed E-state index contributed by atoms with van der Waals surface area (Å²) in [6, 6.07) is 7.66. The number of esters is 2. The summed E-state index contributed by atoms with van der Waals surface area (Å²) >= 11 is 0. The lowest BCUT2D eigenvalue weighted by Crippen LogP contribution is -2.46. The van der Waals surface area contributed by atoms with Crippen LogP contribution in [0.5, 0.6) is 0 Å². The number of carbonyl (C=O) groups is 3. The number of hydrogen-bond acceptors (Lipinski definition) is 5. The standard InChI is InChI=1S/C17H21NO5/c1-17(2)10-18(14(19)11-8-6-5-7-9-11)13(16(21)23-4)12(17)15(20)22-3/h5-9,12-13H,10H2,1-4H3/t12-,13-/m1/s1. The van der Waals surface area contributed by atoms with Crippen molar-refractivity contribution in [2.24, 2.45) is 11.3 Å². The van der Waals surface area contributed by atoms with E-state index in [-0.39, 0.29) is 12.5 Å². The summed E-state index contributed by atoms with van der Waals surface area (Å²) < 4.78 is 9.67. The number of nitrogens with zero attached hydrogens (tertiary/aromatic N) is 1. The first kappa shape index (κ1) is 17.0. The first-order valence-corrected chi connectivity index (χ1v) is 7.35. The van der Waals surface area contributed by atoms with E-state index in [2.05, 4.69) is 0 Å². The fourth-order valence-electron chi connectivity index (χ4n) is 3.15. The van der Waals surface area contributed by atoms with E-state index in [1.54, 1.807) is 30.3 Å². The Kier molecular flexibility index (Phi) is 4.73. The van der Waals surface area contributed by atoms with Gasteiger partial charge in [0, 0.05) is 12.1 Å². The second-order valence-electron chi connectivity index (χ2n) is 6.26. The third kappa shape index (κ3) is 3.06. The van der Waals surface area contributed by atoms with Crippen LogP contribution in [0, 0.1) is 11.3 Å². The lowest BCUT2D eigenvalue weighted by atomic mass is 9.79. The first-order valence-electron chi connectivity index (χ1n) is 7.35. The molecule has 23 heavy (non-hydrogen) atoms. The monoisotopic (exact) mass is 319 g/mol. The van der Waals surface area contributed by atoms with Crippen LogP contribution in [-0.2, 0) is 19.1 Å². The van der Waals surface area contributed by atoms with Crippen molar-refractivity contribution in [1.29, 1.82) is 0 Å². The van der Waals surface area contributed by atoms with Crippen molar-refractivity contribution in [3.05, 3.63) is 35.9 Å². The van der Waals surface area contributed by atoms with Gasteiger partial charge >= 0.3 is 11.9 Å². The van der Waals surface area contributed by atoms with Crippen LogP contribution in [-0.4, -0.2) is 49.6 Å². The Bertz CT molecular complexity index is 611. The SMILES string of the molecule is COC(=O)[C@H]1[C@H](C(=O)OC)C(C)(C)CN1C(=O)c1ccccc1. The summed E-state index contributed by atoms with van der Waals surface area (Å²) in [6.45, 7) is 3.94. The fourth-order valence-corrected chi connectivity index (χ4v) is 3.15. The lowest BCUT2D eigenvalue weighted by Gasteiger charge is -2.26. The van der Waals surface area contributed by atoms with Crippen molar-refractivity contribution in [1.82, 2.24) is 4.90 Å². The molecular weight excluding hydrogens is 298 g/mol. The molecule has 6 nitrogen and oxygen atoms in total. The summed E-state index contributed by atoms with van der Waals surface area (Å²) in [7, 11) is 2.52. The van der Waals surface area contributed by atoms with Crippen LogP contribution in [0.4, 0.5) is 0 Å². The number of hydrogen-bond donors (Lipinski definition) is 0. The molecule has 1 aromatic carbocycles. The zero-order valence-corrected chi connectivity index (χ0v) is 13.7. The van der Waals surface area contributed by atoms with Gasteiger partial charge in [-0.15, -0.1) is 0 Å². The van der Waals surface area contributed by atoms with Crippen LogP contribution in [0.15, 0.2) is 30.3 Å². The predicted octanol–water partition coefficient (Wildman–Crippen LogP) is 1.50. The van der Waals surface area contributed by atoms with Crippen molar-refractivity contribution in [3.63, 3.8) is 0 Å². The van der Waals surface area contributed by atoms with Crippen molar-refractivity contribution in [2.75, 3.05) is 20.8 Å². The van der Waals surface area contributed by atoms with Crippen LogP contribution >= 0.6 is 0 Å². The topological polar surface area (TPSA) is 72.9 Å². The molecule has 1 amide bonds. The van der Waals surface area contributed by atoms with Crippen LogP contribution in [0.25, 0.3) is 0 Å². The molecule has 0 radical (unpaired) electrons. The van der Waals surface area contributed by atoms with E-state index in [4.69, 9.17) is 9.47 Å². The minimum atomic E-state index is -0.991. The highest BCUT2D eigenvalue weighted by atomic mass is 16.5. The minimum absolute atomic E-state index is 0.264. The smallest absolute Gasteiger partial charge is 0.329 e. The van der Waals surface area contributed by atoms with Gasteiger partial charge in [0.1, 0.15) is 6.04 Å². The molecule has 1 aliphatic heterocycles. The van der Waals surface area contributed by atoms with Crippen molar-refractivity contribution < 1.29 is 23.9 Å². The fraction of sp³-hybridized carbons (Fsp3) is 0.471. The molecule has 0 bridgehead atoms. The summed E-state index contributed by atoms with van der Waals surface area (Å²) in [5, 5.41) is 0. The molecule has 0 saturated carbocycles. The summed E-state index contributed by atoms with van der Waals surface area (Å²) in [6.07, 6.45) is 0. The Balaban J connectivity index is 2.44. The van der Waals surface area contributed by atoms with E-state index in [0.29, 0.717) is 5.56 Å². The van der Waals surface area contributed by atoms with Gasteiger partial charge in [0.25, 0.3) is 5.91 Å². The van der Waals surface area contributed by atoms with E-state index in [0.717, 1.165) is 0 Å². The molecule has 1 heterocycles. The van der Waals surface area contributed by atoms with Gasteiger partial charge in [-0.25, -0.2) is 4.79 Å². The van der Waals surface area contributed by atoms with Gasteiger partial charge in [0.05, 0.1) is 20.1 Å². The van der Waals surface area contributed by atoms with Gasteiger partial charge in [0.2, 0.25) is 0 Å². The van der Waals surface area contributed by atoms with Crippen LogP contribution in [0.2, 0.25) is 0 Å². The second-order valence-corrected chi connectivity index (χ2v) is 6.26. The van der Waals surface area contributed by atoms with Gasteiger partial charge in [-0.2, -0.15) is 0 Å². The summed E-state index contributed by atoms with van der Waals surface area (Å²) in [5.74, 6) is -2.21. The number of rotatable bonds is 3. The van der Waals surface area contributed by atoms with E-state index in [1.807, 2.05) is 13.8 Å². The molecule has 0 spiro atoms. The molecule has 0 N–H and O–H groups in total. The summed E-state index contributed by atoms with van der Waals surface area (Å²) in [4.78, 5) is 38.6. The zero-order valence-electron chi connectivity index (χ0n) is 13.7. The van der Waals surface area contributed by atoms with Crippen molar-refractivity contribution >= 4 is 17.8 Å². The maximum atomic E-state index is 12.8. The number of benzene rings is 1. The van der Waals surface area contributed by atoms with Gasteiger partial charge in [-0.05, 0) is 17.5 Å². The maximum absolute atomic E-state index is 12.8. The van der Waals surface area contributed by atoms with Gasteiger partial charge in [-0.3, -0.25) is 9.59 Å². The average Bonchev–Trinajstić information content (AvgIpc) is 2.84. The van der Waals surface area contributed by atoms with Gasteiger partial charge in [0.15, 0.2) is 0 Å². The largest absolute Gasteiger partial charge is 0.469 e. The van der Waals surface area contributed by atoms with Gasteiger partial charge in [-0.1, -0.05) is 32.0 Å². The number of carbonyl (C=O) groups excluding carboxylic acids is 3. The second kappa shape index (κ2) is 6.40. The van der Waals surface area contributed by atoms with E-state index in [9.17, 15) is 14.4 Å². The third-order valence-electron chi connectivity index (χ3n) is 4.25. The minimum Gasteiger partial charge on any atom is -0.469 e. The van der Waals surface area contributed by atoms with Crippen LogP contribution in [0.1, 0.15) is 24.2 Å². The highest BCUT2D eigenvalue weighted by molar-refractivity contribution is 5.99. The van der Waals surface area contributed by atoms with Gasteiger partial charge < -0.3 is 14.4 Å². The number of likely N-dealkylation sites (tertiary alicyclic amines) is 1. The lowest BCUT2D eigenvalue weighted by molar-refractivity contribution is -0.157. The Morgan fingerprint density at radius 3 is 2.13 bits per heavy atom. The Labute approximate surface area is 135 Å². The average molecular weight is 319 g/mol. The van der Waals surface area contributed by atoms with Crippen LogP contribution in [0.3, 0.4) is 0 Å². The van der Waals surface area contributed by atoms with Crippen molar-refractivity contribution in [3.8, 4) is 0 Å². The number of methoxy groups -OCH3 is 2. The maximum Gasteiger partial charge on any atom is 0.329 e. The molecule has 0 aromatic heterocycles. The highest BCUT2D eigenvalue weighted by Gasteiger charge is 2.56. The van der Waals surface area contributed by atoms with E-state index < -0.39 is 29.3 Å². The zero-order chi connectivity index (χ0) is 17.2. The van der Waals surface area contributed by atoms with E-state index >= 15 is 0 Å². The molecule has 1 aliphatic rings. The predicted molar refractivity (Wildman–Crippen MR) is 82.6 cm³/mol. The molecule has 0 aliphatic carbocycles. The Morgan fingerprint density at radius 2 is 1.61 bits per heavy atom. The number of ether oxygens (including phenoxy) is 2. The Hall–Kier alpha value is -2.37. The molecule has 2 rings (SSSR count). The number of amides is 1. The van der Waals surface area contributed by atoms with Crippen LogP contribution < -0.4 is 0 Å². The quantitative estimate of drug-likeness (QED) is 0.790. The molecule has 1 fully saturated rings. The molecule has 0 unspecified atom stereocenters. The third-order valence-corrected chi connectivity index (χ3v) is 4.25. The van der Waals surface area contributed by atoms with Crippen molar-refractivity contribution in [2.45, 2.75) is 19.9 Å². The van der Waals surface area contributed by atoms with E-state index in [1.165, 1.54) is 19.1 Å². The Morgan fingerprint density at radius 1 is 1.04 bits per heavy atom. The highest BCUT2D eigenvalue weighted by Crippen LogP contribution is 2.41. The molecule has 6 heteroatoms. The first-order chi connectivity index (χ1) is 10.8. The molecule has 1 saturated heterocycles.